The first-order valence-corrected chi connectivity index (χ1v) is 9.30. The van der Waals surface area contributed by atoms with Crippen molar-refractivity contribution in [3.8, 4) is 11.3 Å². The Morgan fingerprint density at radius 3 is 2.38 bits per heavy atom. The summed E-state index contributed by atoms with van der Waals surface area (Å²) in [7, 11) is 0. The van der Waals surface area contributed by atoms with Gasteiger partial charge in [0.1, 0.15) is 0 Å². The van der Waals surface area contributed by atoms with Gasteiger partial charge in [-0.2, -0.15) is 0 Å². The average molecular weight is 363 g/mol. The van der Waals surface area contributed by atoms with Crippen LogP contribution < -0.4 is 10.6 Å². The zero-order valence-corrected chi connectivity index (χ0v) is 14.8. The second-order valence-corrected chi connectivity index (χ2v) is 7.06. The summed E-state index contributed by atoms with van der Waals surface area (Å²) in [6, 6.07) is 16.7. The molecule has 0 bridgehead atoms. The van der Waals surface area contributed by atoms with Crippen molar-refractivity contribution < 1.29 is 9.59 Å². The van der Waals surface area contributed by atoms with Crippen LogP contribution in [0, 0.1) is 5.92 Å². The lowest BCUT2D eigenvalue weighted by atomic mass is 10.2. The summed E-state index contributed by atoms with van der Waals surface area (Å²) in [5.41, 5.74) is 3.08. The number of benzene rings is 2. The molecule has 0 radical (unpaired) electrons. The highest BCUT2D eigenvalue weighted by atomic mass is 32.1. The lowest BCUT2D eigenvalue weighted by Gasteiger charge is -2.06. The van der Waals surface area contributed by atoms with Crippen LogP contribution in [0.15, 0.2) is 60.0 Å². The predicted molar refractivity (Wildman–Crippen MR) is 103 cm³/mol. The number of hydrogen-bond acceptors (Lipinski definition) is 4. The Kier molecular flexibility index (Phi) is 4.50. The van der Waals surface area contributed by atoms with E-state index < -0.39 is 0 Å². The third-order valence-corrected chi connectivity index (χ3v) is 4.91. The van der Waals surface area contributed by atoms with Crippen molar-refractivity contribution >= 4 is 34.0 Å². The number of carbonyl (C=O) groups is 2. The van der Waals surface area contributed by atoms with E-state index in [4.69, 9.17) is 0 Å². The molecule has 0 saturated heterocycles. The van der Waals surface area contributed by atoms with Gasteiger partial charge in [0.15, 0.2) is 5.13 Å². The largest absolute Gasteiger partial charge is 0.326 e. The topological polar surface area (TPSA) is 71.1 Å². The van der Waals surface area contributed by atoms with Crippen LogP contribution in [-0.2, 0) is 4.79 Å². The minimum atomic E-state index is -0.223. The molecule has 0 spiro atoms. The Bertz CT molecular complexity index is 931. The van der Waals surface area contributed by atoms with Crippen molar-refractivity contribution in [3.63, 3.8) is 0 Å². The molecular formula is C20H17N3O2S. The summed E-state index contributed by atoms with van der Waals surface area (Å²) in [6.45, 7) is 0. The van der Waals surface area contributed by atoms with E-state index in [2.05, 4.69) is 15.6 Å². The number of hydrogen-bond donors (Lipinski definition) is 2. The molecule has 6 heteroatoms. The number of thiazole rings is 1. The third-order valence-electron chi connectivity index (χ3n) is 4.16. The van der Waals surface area contributed by atoms with E-state index >= 15 is 0 Å². The number of nitrogens with one attached hydrogen (secondary N) is 2. The molecule has 2 amide bonds. The average Bonchev–Trinajstić information content (AvgIpc) is 3.43. The highest BCUT2D eigenvalue weighted by molar-refractivity contribution is 7.14. The van der Waals surface area contributed by atoms with Gasteiger partial charge in [0.2, 0.25) is 5.91 Å². The molecule has 1 aliphatic carbocycles. The van der Waals surface area contributed by atoms with Gasteiger partial charge >= 0.3 is 0 Å². The van der Waals surface area contributed by atoms with E-state index in [0.29, 0.717) is 16.4 Å². The maximum absolute atomic E-state index is 12.4. The van der Waals surface area contributed by atoms with E-state index in [9.17, 15) is 9.59 Å². The van der Waals surface area contributed by atoms with E-state index in [1.165, 1.54) is 11.3 Å². The molecule has 4 rings (SSSR count). The van der Waals surface area contributed by atoms with Gasteiger partial charge in [-0.3, -0.25) is 14.9 Å². The van der Waals surface area contributed by atoms with Gasteiger partial charge in [-0.25, -0.2) is 4.98 Å². The van der Waals surface area contributed by atoms with Crippen LogP contribution in [0.4, 0.5) is 10.8 Å². The molecule has 2 aromatic carbocycles. The van der Waals surface area contributed by atoms with Crippen molar-refractivity contribution in [3.05, 3.63) is 65.5 Å². The number of aromatic nitrogens is 1. The minimum Gasteiger partial charge on any atom is -0.326 e. The molecule has 0 atom stereocenters. The van der Waals surface area contributed by atoms with Crippen LogP contribution in [0.3, 0.4) is 0 Å². The molecule has 1 saturated carbocycles. The molecular weight excluding hydrogens is 346 g/mol. The molecule has 26 heavy (non-hydrogen) atoms. The maximum Gasteiger partial charge on any atom is 0.257 e. The second kappa shape index (κ2) is 7.09. The molecule has 1 aliphatic rings. The normalized spacial score (nSPS) is 13.2. The first kappa shape index (κ1) is 16.5. The van der Waals surface area contributed by atoms with Crippen molar-refractivity contribution in [2.24, 2.45) is 5.92 Å². The summed E-state index contributed by atoms with van der Waals surface area (Å²) >= 11 is 1.39. The Balaban J connectivity index is 1.40. The predicted octanol–water partition coefficient (Wildman–Crippen LogP) is 4.41. The lowest BCUT2D eigenvalue weighted by Crippen LogP contribution is -2.14. The number of rotatable bonds is 5. The summed E-state index contributed by atoms with van der Waals surface area (Å²) in [6.07, 6.45) is 1.93. The fourth-order valence-corrected chi connectivity index (χ4v) is 3.25. The summed E-state index contributed by atoms with van der Waals surface area (Å²) in [5.74, 6) is -0.0147. The maximum atomic E-state index is 12.4. The summed E-state index contributed by atoms with van der Waals surface area (Å²) in [4.78, 5) is 28.6. The van der Waals surface area contributed by atoms with E-state index in [-0.39, 0.29) is 17.7 Å². The molecule has 130 valence electrons. The van der Waals surface area contributed by atoms with E-state index in [1.54, 1.807) is 24.3 Å². The number of nitrogens with zero attached hydrogens (tertiary/aromatic N) is 1. The molecule has 0 unspecified atom stereocenters. The van der Waals surface area contributed by atoms with Gasteiger partial charge in [0.05, 0.1) is 5.69 Å². The minimum absolute atomic E-state index is 0.0541. The van der Waals surface area contributed by atoms with Crippen LogP contribution >= 0.6 is 11.3 Å². The van der Waals surface area contributed by atoms with Crippen molar-refractivity contribution in [2.45, 2.75) is 12.8 Å². The van der Waals surface area contributed by atoms with Gasteiger partial charge in [-0.05, 0) is 37.1 Å². The SMILES string of the molecule is O=C(Nc1nc(-c2ccccc2)cs1)c1ccc(NC(=O)C2CC2)cc1. The van der Waals surface area contributed by atoms with Crippen molar-refractivity contribution in [1.82, 2.24) is 4.98 Å². The lowest BCUT2D eigenvalue weighted by molar-refractivity contribution is -0.117. The molecule has 1 heterocycles. The van der Waals surface area contributed by atoms with Gasteiger partial charge in [0, 0.05) is 28.1 Å². The van der Waals surface area contributed by atoms with Gasteiger partial charge in [0.25, 0.3) is 5.91 Å². The number of carbonyl (C=O) groups excluding carboxylic acids is 2. The standard InChI is InChI=1S/C20H17N3O2S/c24-18(14-6-7-14)21-16-10-8-15(9-11-16)19(25)23-20-22-17(12-26-20)13-4-2-1-3-5-13/h1-5,8-12,14H,6-7H2,(H,21,24)(H,22,23,25). The quantitative estimate of drug-likeness (QED) is 0.705. The first-order valence-electron chi connectivity index (χ1n) is 8.42. The first-order chi connectivity index (χ1) is 12.7. The van der Waals surface area contributed by atoms with Crippen molar-refractivity contribution in [1.29, 1.82) is 0 Å². The smallest absolute Gasteiger partial charge is 0.257 e. The van der Waals surface area contributed by atoms with Gasteiger partial charge < -0.3 is 5.32 Å². The third kappa shape index (κ3) is 3.81. The number of amides is 2. The van der Waals surface area contributed by atoms with E-state index in [1.807, 2.05) is 35.7 Å². The Morgan fingerprint density at radius 1 is 0.962 bits per heavy atom. The zero-order valence-electron chi connectivity index (χ0n) is 13.9. The fourth-order valence-electron chi connectivity index (χ4n) is 2.54. The van der Waals surface area contributed by atoms with Crippen molar-refractivity contribution in [2.75, 3.05) is 10.6 Å². The van der Waals surface area contributed by atoms with Gasteiger partial charge in [-0.1, -0.05) is 30.3 Å². The molecule has 2 N–H and O–H groups in total. The summed E-state index contributed by atoms with van der Waals surface area (Å²) in [5, 5.41) is 8.15. The van der Waals surface area contributed by atoms with Gasteiger partial charge in [-0.15, -0.1) is 11.3 Å². The molecule has 5 nitrogen and oxygen atoms in total. The molecule has 0 aliphatic heterocycles. The Labute approximate surface area is 155 Å². The second-order valence-electron chi connectivity index (χ2n) is 6.20. The molecule has 3 aromatic rings. The van der Waals surface area contributed by atoms with E-state index in [0.717, 1.165) is 24.1 Å². The molecule has 1 fully saturated rings. The zero-order chi connectivity index (χ0) is 17.9. The highest BCUT2D eigenvalue weighted by Gasteiger charge is 2.29. The monoisotopic (exact) mass is 363 g/mol. The van der Waals surface area contributed by atoms with Crippen LogP contribution in [0.25, 0.3) is 11.3 Å². The van der Waals surface area contributed by atoms with Crippen LogP contribution in [-0.4, -0.2) is 16.8 Å². The summed E-state index contributed by atoms with van der Waals surface area (Å²) < 4.78 is 0. The number of anilines is 2. The Morgan fingerprint density at radius 2 is 1.69 bits per heavy atom. The van der Waals surface area contributed by atoms with Crippen LogP contribution in [0.2, 0.25) is 0 Å². The van der Waals surface area contributed by atoms with Crippen LogP contribution in [0.1, 0.15) is 23.2 Å². The van der Waals surface area contributed by atoms with Crippen LogP contribution in [0.5, 0.6) is 0 Å². The molecule has 1 aromatic heterocycles. The fraction of sp³-hybridized carbons (Fsp3) is 0.150. The highest BCUT2D eigenvalue weighted by Crippen LogP contribution is 2.30. The Hall–Kier alpha value is -2.99.